The van der Waals surface area contributed by atoms with Crippen molar-refractivity contribution < 1.29 is 4.79 Å². The third kappa shape index (κ3) is 5.03. The van der Waals surface area contributed by atoms with Crippen LogP contribution in [0.3, 0.4) is 0 Å². The van der Waals surface area contributed by atoms with Crippen molar-refractivity contribution >= 4 is 23.0 Å². The summed E-state index contributed by atoms with van der Waals surface area (Å²) < 4.78 is 0. The Morgan fingerprint density at radius 1 is 1.11 bits per heavy atom. The molecule has 0 atom stereocenters. The molecule has 150 valence electrons. The Bertz CT molecular complexity index is 795. The van der Waals surface area contributed by atoms with Gasteiger partial charge in [-0.1, -0.05) is 19.3 Å². The maximum absolute atomic E-state index is 12.7. The Kier molecular flexibility index (Phi) is 6.90. The van der Waals surface area contributed by atoms with Gasteiger partial charge in [-0.05, 0) is 69.5 Å². The van der Waals surface area contributed by atoms with Crippen molar-refractivity contribution in [3.05, 3.63) is 47.8 Å². The van der Waals surface area contributed by atoms with E-state index in [1.807, 2.05) is 25.1 Å². The zero-order valence-electron chi connectivity index (χ0n) is 17.3. The molecule has 0 radical (unpaired) electrons. The number of aryl methyl sites for hydroxylation is 1. The first-order valence-corrected chi connectivity index (χ1v) is 10.5. The molecule has 1 fully saturated rings. The molecule has 3 rings (SSSR count). The highest BCUT2D eigenvalue weighted by Gasteiger charge is 2.15. The monoisotopic (exact) mass is 380 g/mol. The SMILES string of the molecule is CCN(CC)c1ccc(NC(=O)c2cc(NC3CCCCC3)ccn2)c(C)c1. The minimum absolute atomic E-state index is 0.175. The van der Waals surface area contributed by atoms with Crippen molar-refractivity contribution in [3.8, 4) is 0 Å². The number of hydrogen-bond donors (Lipinski definition) is 2. The summed E-state index contributed by atoms with van der Waals surface area (Å²) >= 11 is 0. The van der Waals surface area contributed by atoms with Crippen molar-refractivity contribution in [2.75, 3.05) is 28.6 Å². The topological polar surface area (TPSA) is 57.3 Å². The van der Waals surface area contributed by atoms with Crippen molar-refractivity contribution in [1.82, 2.24) is 4.98 Å². The van der Waals surface area contributed by atoms with Crippen LogP contribution in [0.2, 0.25) is 0 Å². The van der Waals surface area contributed by atoms with E-state index in [9.17, 15) is 4.79 Å². The second-order valence-corrected chi connectivity index (χ2v) is 7.53. The van der Waals surface area contributed by atoms with Crippen molar-refractivity contribution in [2.24, 2.45) is 0 Å². The molecule has 0 aliphatic heterocycles. The second-order valence-electron chi connectivity index (χ2n) is 7.53. The van der Waals surface area contributed by atoms with E-state index in [2.05, 4.69) is 46.5 Å². The second kappa shape index (κ2) is 9.58. The van der Waals surface area contributed by atoms with E-state index in [-0.39, 0.29) is 5.91 Å². The third-order valence-corrected chi connectivity index (χ3v) is 5.56. The summed E-state index contributed by atoms with van der Waals surface area (Å²) in [5.41, 5.74) is 4.47. The highest BCUT2D eigenvalue weighted by atomic mass is 16.1. The molecule has 5 nitrogen and oxygen atoms in total. The summed E-state index contributed by atoms with van der Waals surface area (Å²) in [4.78, 5) is 19.3. The van der Waals surface area contributed by atoms with Crippen molar-refractivity contribution in [3.63, 3.8) is 0 Å². The van der Waals surface area contributed by atoms with E-state index in [1.165, 1.54) is 37.8 Å². The van der Waals surface area contributed by atoms with Gasteiger partial charge in [-0.2, -0.15) is 0 Å². The standard InChI is InChI=1S/C23H32N4O/c1-4-27(5-2)20-11-12-21(17(3)15-20)26-23(28)22-16-19(13-14-24-22)25-18-9-7-6-8-10-18/h11-16,18H,4-10H2,1-3H3,(H,24,25)(H,26,28). The first kappa shape index (κ1) is 20.2. The highest BCUT2D eigenvalue weighted by Crippen LogP contribution is 2.24. The molecule has 0 spiro atoms. The van der Waals surface area contributed by atoms with Gasteiger partial charge in [0.15, 0.2) is 0 Å². The number of amides is 1. The van der Waals surface area contributed by atoms with E-state index in [0.29, 0.717) is 11.7 Å². The lowest BCUT2D eigenvalue weighted by Crippen LogP contribution is -2.23. The van der Waals surface area contributed by atoms with Gasteiger partial charge >= 0.3 is 0 Å². The fraction of sp³-hybridized carbons (Fsp3) is 0.478. The zero-order chi connectivity index (χ0) is 19.9. The van der Waals surface area contributed by atoms with Gasteiger partial charge in [0.2, 0.25) is 0 Å². The minimum atomic E-state index is -0.175. The zero-order valence-corrected chi connectivity index (χ0v) is 17.3. The van der Waals surface area contributed by atoms with Crippen molar-refractivity contribution in [1.29, 1.82) is 0 Å². The predicted molar refractivity (Wildman–Crippen MR) is 117 cm³/mol. The first-order chi connectivity index (χ1) is 13.6. The predicted octanol–water partition coefficient (Wildman–Crippen LogP) is 5.23. The number of nitrogens with one attached hydrogen (secondary N) is 2. The molecular formula is C23H32N4O. The molecule has 1 aromatic heterocycles. The Hall–Kier alpha value is -2.56. The Morgan fingerprint density at radius 3 is 2.54 bits per heavy atom. The highest BCUT2D eigenvalue weighted by molar-refractivity contribution is 6.03. The molecule has 2 N–H and O–H groups in total. The number of hydrogen-bond acceptors (Lipinski definition) is 4. The molecule has 1 aromatic carbocycles. The van der Waals surface area contributed by atoms with E-state index < -0.39 is 0 Å². The molecule has 1 aliphatic rings. The smallest absolute Gasteiger partial charge is 0.274 e. The summed E-state index contributed by atoms with van der Waals surface area (Å²) in [6, 6.07) is 10.5. The number of carbonyl (C=O) groups is 1. The Labute approximate surface area is 168 Å². The van der Waals surface area contributed by atoms with Gasteiger partial charge in [-0.25, -0.2) is 0 Å². The van der Waals surface area contributed by atoms with Crippen LogP contribution in [0.25, 0.3) is 0 Å². The fourth-order valence-corrected chi connectivity index (χ4v) is 3.89. The van der Waals surface area contributed by atoms with Gasteiger partial charge in [-0.3, -0.25) is 9.78 Å². The molecule has 0 unspecified atom stereocenters. The molecule has 28 heavy (non-hydrogen) atoms. The summed E-state index contributed by atoms with van der Waals surface area (Å²) in [5, 5.41) is 6.57. The van der Waals surface area contributed by atoms with Crippen LogP contribution in [0.4, 0.5) is 17.1 Å². The molecule has 5 heteroatoms. The average molecular weight is 381 g/mol. The minimum Gasteiger partial charge on any atom is -0.382 e. The number of anilines is 3. The van der Waals surface area contributed by atoms with Crippen molar-refractivity contribution in [2.45, 2.75) is 58.9 Å². The van der Waals surface area contributed by atoms with Gasteiger partial charge in [0, 0.05) is 42.4 Å². The van der Waals surface area contributed by atoms with Crippen LogP contribution in [-0.4, -0.2) is 30.0 Å². The number of carbonyl (C=O) groups excluding carboxylic acids is 1. The van der Waals surface area contributed by atoms with Gasteiger partial charge in [-0.15, -0.1) is 0 Å². The van der Waals surface area contributed by atoms with E-state index in [0.717, 1.165) is 30.0 Å². The number of rotatable bonds is 7. The van der Waals surface area contributed by atoms with Crippen LogP contribution in [0.1, 0.15) is 62.0 Å². The van der Waals surface area contributed by atoms with E-state index in [4.69, 9.17) is 0 Å². The maximum atomic E-state index is 12.7. The summed E-state index contributed by atoms with van der Waals surface area (Å²) in [6.07, 6.45) is 7.98. The molecule has 0 bridgehead atoms. The number of aromatic nitrogens is 1. The van der Waals surface area contributed by atoms with Crippen LogP contribution >= 0.6 is 0 Å². The van der Waals surface area contributed by atoms with Gasteiger partial charge in [0.1, 0.15) is 5.69 Å². The van der Waals surface area contributed by atoms with Gasteiger partial charge < -0.3 is 15.5 Å². The summed E-state index contributed by atoms with van der Waals surface area (Å²) in [6.45, 7) is 8.25. The maximum Gasteiger partial charge on any atom is 0.274 e. The molecule has 1 aliphatic carbocycles. The largest absolute Gasteiger partial charge is 0.382 e. The molecule has 2 aromatic rings. The van der Waals surface area contributed by atoms with Crippen LogP contribution in [0, 0.1) is 6.92 Å². The lowest BCUT2D eigenvalue weighted by Gasteiger charge is -2.24. The van der Waals surface area contributed by atoms with Crippen LogP contribution in [-0.2, 0) is 0 Å². The molecule has 1 heterocycles. The average Bonchev–Trinajstić information content (AvgIpc) is 2.72. The van der Waals surface area contributed by atoms with Crippen LogP contribution in [0.15, 0.2) is 36.5 Å². The van der Waals surface area contributed by atoms with Crippen LogP contribution < -0.4 is 15.5 Å². The quantitative estimate of drug-likeness (QED) is 0.690. The lowest BCUT2D eigenvalue weighted by molar-refractivity contribution is 0.102. The number of nitrogens with zero attached hydrogens (tertiary/aromatic N) is 2. The Balaban J connectivity index is 1.68. The summed E-state index contributed by atoms with van der Waals surface area (Å²) in [5.74, 6) is -0.175. The fourth-order valence-electron chi connectivity index (χ4n) is 3.89. The van der Waals surface area contributed by atoms with Crippen LogP contribution in [0.5, 0.6) is 0 Å². The third-order valence-electron chi connectivity index (χ3n) is 5.56. The van der Waals surface area contributed by atoms with E-state index >= 15 is 0 Å². The van der Waals surface area contributed by atoms with Gasteiger partial charge in [0.25, 0.3) is 5.91 Å². The Morgan fingerprint density at radius 2 is 1.86 bits per heavy atom. The first-order valence-electron chi connectivity index (χ1n) is 10.5. The number of pyridine rings is 1. The number of benzene rings is 1. The lowest BCUT2D eigenvalue weighted by atomic mass is 9.95. The molecule has 1 saturated carbocycles. The normalized spacial score (nSPS) is 14.5. The molecule has 1 amide bonds. The molecular weight excluding hydrogens is 348 g/mol. The summed E-state index contributed by atoms with van der Waals surface area (Å²) in [7, 11) is 0. The molecule has 0 saturated heterocycles. The van der Waals surface area contributed by atoms with Gasteiger partial charge in [0.05, 0.1) is 0 Å². The van der Waals surface area contributed by atoms with E-state index in [1.54, 1.807) is 6.20 Å².